The van der Waals surface area contributed by atoms with E-state index in [0.717, 1.165) is 41.6 Å². The summed E-state index contributed by atoms with van der Waals surface area (Å²) in [7, 11) is 0. The molecule has 0 saturated heterocycles. The molecule has 0 saturated carbocycles. The fourth-order valence-corrected chi connectivity index (χ4v) is 5.88. The number of hydrogen-bond acceptors (Lipinski definition) is 2. The first-order valence-electron chi connectivity index (χ1n) is 10.2. The molecule has 2 aliphatic rings. The zero-order valence-corrected chi connectivity index (χ0v) is 19.8. The highest BCUT2D eigenvalue weighted by molar-refractivity contribution is 9.11. The van der Waals surface area contributed by atoms with Crippen LogP contribution in [0.15, 0.2) is 92.9 Å². The van der Waals surface area contributed by atoms with Crippen LogP contribution >= 0.6 is 31.9 Å². The normalized spacial score (nSPS) is 20.1. The monoisotopic (exact) mass is 546 g/mol. The third-order valence-electron chi connectivity index (χ3n) is 6.34. The molecule has 2 unspecified atom stereocenters. The van der Waals surface area contributed by atoms with Gasteiger partial charge < -0.3 is 10.6 Å². The predicted molar refractivity (Wildman–Crippen MR) is 132 cm³/mol. The van der Waals surface area contributed by atoms with E-state index in [0.29, 0.717) is 11.1 Å². The first kappa shape index (κ1) is 19.7. The van der Waals surface area contributed by atoms with E-state index in [4.69, 9.17) is 0 Å². The molecule has 2 amide bonds. The lowest BCUT2D eigenvalue weighted by Gasteiger charge is -2.20. The van der Waals surface area contributed by atoms with Gasteiger partial charge in [-0.2, -0.15) is 0 Å². The average Bonchev–Trinajstić information content (AvgIpc) is 3.33. The Morgan fingerprint density at radius 3 is 1.31 bits per heavy atom. The summed E-state index contributed by atoms with van der Waals surface area (Å²) in [5.41, 5.74) is 2.86. The Bertz CT molecular complexity index is 1400. The topological polar surface area (TPSA) is 58.2 Å². The largest absolute Gasteiger partial charge is 0.341 e. The van der Waals surface area contributed by atoms with E-state index < -0.39 is 12.1 Å². The summed E-state index contributed by atoms with van der Waals surface area (Å²) in [4.78, 5) is 26.4. The minimum atomic E-state index is -0.484. The van der Waals surface area contributed by atoms with E-state index >= 15 is 0 Å². The van der Waals surface area contributed by atoms with Crippen LogP contribution in [0.1, 0.15) is 23.2 Å². The molecule has 6 heteroatoms. The summed E-state index contributed by atoms with van der Waals surface area (Å²) in [6, 6.07) is 22.9. The summed E-state index contributed by atoms with van der Waals surface area (Å²) < 4.78 is 1.95. The van der Waals surface area contributed by atoms with E-state index in [1.165, 1.54) is 0 Å². The van der Waals surface area contributed by atoms with Crippen LogP contribution in [0, 0.1) is 0 Å². The molecule has 2 N–H and O–H groups in total. The highest BCUT2D eigenvalue weighted by Gasteiger charge is 2.46. The van der Waals surface area contributed by atoms with Crippen LogP contribution in [-0.2, 0) is 9.59 Å². The second-order valence-corrected chi connectivity index (χ2v) is 9.71. The number of nitrogens with one attached hydrogen (secondary N) is 2. The minimum Gasteiger partial charge on any atom is -0.341 e. The highest BCUT2D eigenvalue weighted by Crippen LogP contribution is 2.45. The van der Waals surface area contributed by atoms with E-state index in [9.17, 15) is 9.59 Å². The smallest absolute Gasteiger partial charge is 0.250 e. The zero-order valence-electron chi connectivity index (χ0n) is 16.7. The maximum atomic E-state index is 13.2. The number of carbonyl (C=O) groups excluding carboxylic acids is 2. The Morgan fingerprint density at radius 2 is 0.906 bits per heavy atom. The van der Waals surface area contributed by atoms with E-state index in [-0.39, 0.29) is 11.8 Å². The maximum absolute atomic E-state index is 13.2. The van der Waals surface area contributed by atoms with Gasteiger partial charge >= 0.3 is 0 Å². The van der Waals surface area contributed by atoms with Crippen LogP contribution in [0.25, 0.3) is 21.5 Å². The Hall–Kier alpha value is -2.96. The van der Waals surface area contributed by atoms with Crippen molar-refractivity contribution in [3.05, 3.63) is 104 Å². The molecule has 4 nitrogen and oxygen atoms in total. The molecule has 2 atom stereocenters. The van der Waals surface area contributed by atoms with Crippen LogP contribution in [0.4, 0.5) is 0 Å². The minimum absolute atomic E-state index is 0.202. The van der Waals surface area contributed by atoms with Crippen molar-refractivity contribution in [2.24, 2.45) is 0 Å². The van der Waals surface area contributed by atoms with Crippen LogP contribution in [0.3, 0.4) is 0 Å². The van der Waals surface area contributed by atoms with Gasteiger partial charge in [0.15, 0.2) is 0 Å². The van der Waals surface area contributed by atoms with Crippen molar-refractivity contribution in [2.75, 3.05) is 0 Å². The second-order valence-electron chi connectivity index (χ2n) is 8.00. The van der Waals surface area contributed by atoms with E-state index in [1.54, 1.807) is 0 Å². The first-order chi connectivity index (χ1) is 15.5. The Labute approximate surface area is 200 Å². The summed E-state index contributed by atoms with van der Waals surface area (Å²) in [6.07, 6.45) is 0. The molecule has 6 rings (SSSR count). The molecular weight excluding hydrogens is 532 g/mol. The van der Waals surface area contributed by atoms with Crippen LogP contribution in [-0.4, -0.2) is 11.8 Å². The predicted octanol–water partition coefficient (Wildman–Crippen LogP) is 5.86. The van der Waals surface area contributed by atoms with Gasteiger partial charge in [-0.05, 0) is 44.8 Å². The van der Waals surface area contributed by atoms with Gasteiger partial charge in [0.1, 0.15) is 0 Å². The maximum Gasteiger partial charge on any atom is 0.250 e. The number of fused-ring (bicyclic) bond motifs is 2. The van der Waals surface area contributed by atoms with Gasteiger partial charge in [0.05, 0.1) is 23.2 Å². The average molecular weight is 548 g/mol. The van der Waals surface area contributed by atoms with Crippen molar-refractivity contribution in [2.45, 2.75) is 12.1 Å². The molecule has 2 aliphatic heterocycles. The molecule has 0 aromatic heterocycles. The first-order valence-corrected chi connectivity index (χ1v) is 11.8. The van der Waals surface area contributed by atoms with Crippen LogP contribution in [0.5, 0.6) is 0 Å². The molecule has 0 spiro atoms. The van der Waals surface area contributed by atoms with Crippen molar-refractivity contribution >= 4 is 65.2 Å². The third-order valence-corrected chi connectivity index (χ3v) is 7.72. The summed E-state index contributed by atoms with van der Waals surface area (Å²) in [6.45, 7) is 0. The number of benzene rings is 4. The second kappa shape index (κ2) is 7.29. The van der Waals surface area contributed by atoms with Crippen molar-refractivity contribution in [3.63, 3.8) is 0 Å². The third kappa shape index (κ3) is 2.79. The lowest BCUT2D eigenvalue weighted by molar-refractivity contribution is -0.118. The fourth-order valence-electron chi connectivity index (χ4n) is 4.92. The SMILES string of the molecule is O=C1NC(c2ccc(Br)c3ccccc23)C2=C1C(c1ccc(Br)c3ccccc13)NC2=O. The van der Waals surface area contributed by atoms with Crippen molar-refractivity contribution in [1.29, 1.82) is 0 Å². The van der Waals surface area contributed by atoms with Gasteiger partial charge in [-0.3, -0.25) is 9.59 Å². The van der Waals surface area contributed by atoms with E-state index in [1.807, 2.05) is 72.8 Å². The summed E-state index contributed by atoms with van der Waals surface area (Å²) in [5, 5.41) is 10.2. The van der Waals surface area contributed by atoms with Gasteiger partial charge in [-0.25, -0.2) is 0 Å². The molecule has 156 valence electrons. The van der Waals surface area contributed by atoms with Crippen molar-refractivity contribution in [3.8, 4) is 0 Å². The molecule has 4 aromatic rings. The summed E-state index contributed by atoms with van der Waals surface area (Å²) >= 11 is 7.21. The van der Waals surface area contributed by atoms with Crippen molar-refractivity contribution in [1.82, 2.24) is 10.6 Å². The zero-order chi connectivity index (χ0) is 22.0. The molecule has 0 fully saturated rings. The lowest BCUT2D eigenvalue weighted by atomic mass is 9.91. The standard InChI is InChI=1S/C26H16Br2N2O2/c27-19-11-9-17(13-5-1-3-7-15(13)19)23-21-22(26(32)29-23)24(30-25(21)31)18-10-12-20(28)16-8-4-2-6-14(16)18/h1-12,23-24H,(H,29,32)(H,30,31). The quantitative estimate of drug-likeness (QED) is 0.330. The molecule has 0 aliphatic carbocycles. The number of hydrogen-bond donors (Lipinski definition) is 2. The molecule has 0 bridgehead atoms. The van der Waals surface area contributed by atoms with Gasteiger partial charge in [-0.1, -0.05) is 92.5 Å². The Morgan fingerprint density at radius 1 is 0.531 bits per heavy atom. The van der Waals surface area contributed by atoms with Gasteiger partial charge in [0.2, 0.25) is 0 Å². The lowest BCUT2D eigenvalue weighted by Crippen LogP contribution is -2.33. The molecular formula is C26H16Br2N2O2. The number of rotatable bonds is 2. The molecule has 2 heterocycles. The Kier molecular flexibility index (Phi) is 4.49. The van der Waals surface area contributed by atoms with Gasteiger partial charge in [0, 0.05) is 8.95 Å². The number of amides is 2. The molecule has 0 radical (unpaired) electrons. The van der Waals surface area contributed by atoms with Crippen LogP contribution < -0.4 is 10.6 Å². The van der Waals surface area contributed by atoms with Gasteiger partial charge in [-0.15, -0.1) is 0 Å². The highest BCUT2D eigenvalue weighted by atomic mass is 79.9. The number of carbonyl (C=O) groups is 2. The van der Waals surface area contributed by atoms with Crippen LogP contribution in [0.2, 0.25) is 0 Å². The number of halogens is 2. The molecule has 32 heavy (non-hydrogen) atoms. The Balaban J connectivity index is 1.54. The molecule has 4 aromatic carbocycles. The van der Waals surface area contributed by atoms with Gasteiger partial charge in [0.25, 0.3) is 11.8 Å². The summed E-state index contributed by atoms with van der Waals surface area (Å²) in [5.74, 6) is -0.403. The van der Waals surface area contributed by atoms with E-state index in [2.05, 4.69) is 42.5 Å². The van der Waals surface area contributed by atoms with Crippen molar-refractivity contribution < 1.29 is 9.59 Å². The fraction of sp³-hybridized carbons (Fsp3) is 0.0769.